The maximum Gasteiger partial charge on any atom is 0.124 e. The smallest absolute Gasteiger partial charge is 0.124 e. The molecule has 1 aromatic carbocycles. The van der Waals surface area contributed by atoms with Crippen molar-refractivity contribution in [2.45, 2.75) is 13.0 Å². The number of hydrogen-bond acceptors (Lipinski definition) is 4. The highest BCUT2D eigenvalue weighted by atomic mass is 32.1. The van der Waals surface area contributed by atoms with Gasteiger partial charge in [-0.1, -0.05) is 34.3 Å². The second-order valence-corrected chi connectivity index (χ2v) is 3.75. The first-order valence-corrected chi connectivity index (χ1v) is 5.12. The van der Waals surface area contributed by atoms with Crippen LogP contribution in [0.4, 0.5) is 0 Å². The van der Waals surface area contributed by atoms with Crippen molar-refractivity contribution in [2.24, 2.45) is 0 Å². The minimum atomic E-state index is -0.658. The Bertz CT molecular complexity index is 397. The van der Waals surface area contributed by atoms with Crippen molar-refractivity contribution in [3.05, 3.63) is 46.5 Å². The Morgan fingerprint density at radius 2 is 2.00 bits per heavy atom. The van der Waals surface area contributed by atoms with Gasteiger partial charge in [0.1, 0.15) is 11.8 Å². The molecule has 14 heavy (non-hydrogen) atoms. The highest BCUT2D eigenvalue weighted by Crippen LogP contribution is 2.20. The summed E-state index contributed by atoms with van der Waals surface area (Å²) in [5, 5.41) is 15.5. The zero-order chi connectivity index (χ0) is 9.97. The molecule has 0 aliphatic rings. The molecule has 72 valence electrons. The van der Waals surface area contributed by atoms with Crippen LogP contribution >= 0.6 is 11.5 Å². The number of aliphatic hydroxyl groups is 1. The zero-order valence-corrected chi connectivity index (χ0v) is 8.53. The highest BCUT2D eigenvalue weighted by Gasteiger charge is 2.12. The van der Waals surface area contributed by atoms with Gasteiger partial charge in [0, 0.05) is 5.38 Å². The van der Waals surface area contributed by atoms with Crippen LogP contribution in [0.15, 0.2) is 29.6 Å². The topological polar surface area (TPSA) is 46.0 Å². The Balaban J connectivity index is 2.28. The Kier molecular flexibility index (Phi) is 2.56. The second kappa shape index (κ2) is 3.86. The summed E-state index contributed by atoms with van der Waals surface area (Å²) in [5.74, 6) is 0. The van der Waals surface area contributed by atoms with E-state index in [4.69, 9.17) is 0 Å². The zero-order valence-electron chi connectivity index (χ0n) is 7.71. The lowest BCUT2D eigenvalue weighted by atomic mass is 10.1. The molecule has 1 N–H and O–H groups in total. The first-order valence-electron chi connectivity index (χ1n) is 4.29. The lowest BCUT2D eigenvalue weighted by Gasteiger charge is -2.07. The van der Waals surface area contributed by atoms with E-state index in [9.17, 15) is 5.11 Å². The van der Waals surface area contributed by atoms with Gasteiger partial charge in [-0.3, -0.25) is 0 Å². The summed E-state index contributed by atoms with van der Waals surface area (Å²) in [6.45, 7) is 2.01. The predicted molar refractivity (Wildman–Crippen MR) is 55.1 cm³/mol. The summed E-state index contributed by atoms with van der Waals surface area (Å²) >= 11 is 1.24. The molecular weight excluding hydrogens is 196 g/mol. The molecule has 4 heteroatoms. The van der Waals surface area contributed by atoms with Gasteiger partial charge in [-0.2, -0.15) is 0 Å². The molecule has 2 aromatic rings. The molecule has 0 aliphatic heterocycles. The number of aryl methyl sites for hydroxylation is 1. The van der Waals surface area contributed by atoms with E-state index in [-0.39, 0.29) is 0 Å². The van der Waals surface area contributed by atoms with E-state index in [0.717, 1.165) is 5.56 Å². The molecule has 1 aromatic heterocycles. The lowest BCUT2D eigenvalue weighted by Crippen LogP contribution is -1.99. The van der Waals surface area contributed by atoms with E-state index < -0.39 is 6.10 Å². The number of rotatable bonds is 2. The van der Waals surface area contributed by atoms with E-state index >= 15 is 0 Å². The maximum atomic E-state index is 9.88. The average Bonchev–Trinajstić information content (AvgIpc) is 2.71. The van der Waals surface area contributed by atoms with Gasteiger partial charge in [0.2, 0.25) is 0 Å². The van der Waals surface area contributed by atoms with Crippen LogP contribution in [-0.4, -0.2) is 14.7 Å². The van der Waals surface area contributed by atoms with Gasteiger partial charge in [-0.05, 0) is 24.0 Å². The van der Waals surface area contributed by atoms with Gasteiger partial charge < -0.3 is 5.11 Å². The summed E-state index contributed by atoms with van der Waals surface area (Å²) < 4.78 is 3.72. The van der Waals surface area contributed by atoms with E-state index in [1.54, 1.807) is 5.38 Å². The van der Waals surface area contributed by atoms with Gasteiger partial charge in [0.25, 0.3) is 0 Å². The first-order chi connectivity index (χ1) is 6.77. The summed E-state index contributed by atoms with van der Waals surface area (Å²) in [5.41, 5.74) is 2.64. The van der Waals surface area contributed by atoms with Gasteiger partial charge >= 0.3 is 0 Å². The lowest BCUT2D eigenvalue weighted by molar-refractivity contribution is 0.215. The Morgan fingerprint density at radius 1 is 1.29 bits per heavy atom. The van der Waals surface area contributed by atoms with E-state index in [1.807, 2.05) is 31.2 Å². The molecule has 1 unspecified atom stereocenters. The van der Waals surface area contributed by atoms with Crippen LogP contribution in [0.5, 0.6) is 0 Å². The van der Waals surface area contributed by atoms with Gasteiger partial charge in [-0.15, -0.1) is 5.10 Å². The van der Waals surface area contributed by atoms with Crippen molar-refractivity contribution in [3.8, 4) is 0 Å². The number of nitrogens with zero attached hydrogens (tertiary/aromatic N) is 2. The predicted octanol–water partition coefficient (Wildman–Crippen LogP) is 1.93. The molecule has 0 fully saturated rings. The number of aromatic nitrogens is 2. The minimum absolute atomic E-state index is 0.610. The van der Waals surface area contributed by atoms with Crippen molar-refractivity contribution in [2.75, 3.05) is 0 Å². The van der Waals surface area contributed by atoms with Crippen molar-refractivity contribution < 1.29 is 5.11 Å². The van der Waals surface area contributed by atoms with Crippen LogP contribution in [0.3, 0.4) is 0 Å². The largest absolute Gasteiger partial charge is 0.382 e. The maximum absolute atomic E-state index is 9.88. The van der Waals surface area contributed by atoms with E-state index in [1.165, 1.54) is 17.1 Å². The molecule has 0 saturated heterocycles. The van der Waals surface area contributed by atoms with Crippen molar-refractivity contribution >= 4 is 11.5 Å². The third-order valence-corrected chi connectivity index (χ3v) is 2.57. The number of aliphatic hydroxyl groups excluding tert-OH is 1. The fourth-order valence-electron chi connectivity index (χ4n) is 1.21. The van der Waals surface area contributed by atoms with Gasteiger partial charge in [0.05, 0.1) is 0 Å². The van der Waals surface area contributed by atoms with Crippen LogP contribution in [0, 0.1) is 6.92 Å². The third kappa shape index (κ3) is 1.81. The van der Waals surface area contributed by atoms with Crippen molar-refractivity contribution in [1.82, 2.24) is 9.59 Å². The molecule has 0 spiro atoms. The monoisotopic (exact) mass is 206 g/mol. The van der Waals surface area contributed by atoms with Crippen molar-refractivity contribution in [1.29, 1.82) is 0 Å². The highest BCUT2D eigenvalue weighted by molar-refractivity contribution is 7.03. The molecule has 0 bridgehead atoms. The molecule has 0 aliphatic carbocycles. The molecular formula is C10H10N2OS. The Morgan fingerprint density at radius 3 is 2.57 bits per heavy atom. The SMILES string of the molecule is Cc1ccc(C(O)c2csnn2)cc1. The number of benzene rings is 1. The fraction of sp³-hybridized carbons (Fsp3) is 0.200. The minimum Gasteiger partial charge on any atom is -0.382 e. The summed E-state index contributed by atoms with van der Waals surface area (Å²) in [6.07, 6.45) is -0.658. The summed E-state index contributed by atoms with van der Waals surface area (Å²) in [6, 6.07) is 7.75. The summed E-state index contributed by atoms with van der Waals surface area (Å²) in [7, 11) is 0. The van der Waals surface area contributed by atoms with Crippen molar-refractivity contribution in [3.63, 3.8) is 0 Å². The van der Waals surface area contributed by atoms with Crippen LogP contribution in [0.2, 0.25) is 0 Å². The Hall–Kier alpha value is -1.26. The van der Waals surface area contributed by atoms with Crippen LogP contribution < -0.4 is 0 Å². The molecule has 0 saturated carbocycles. The molecule has 1 atom stereocenters. The van der Waals surface area contributed by atoms with Gasteiger partial charge in [0.15, 0.2) is 0 Å². The summed E-state index contributed by atoms with van der Waals surface area (Å²) in [4.78, 5) is 0. The third-order valence-electron chi connectivity index (χ3n) is 2.05. The first kappa shape index (κ1) is 9.30. The molecule has 2 rings (SSSR count). The van der Waals surface area contributed by atoms with E-state index in [2.05, 4.69) is 9.59 Å². The molecule has 1 heterocycles. The average molecular weight is 206 g/mol. The standard InChI is InChI=1S/C10H10N2OS/c1-7-2-4-8(5-3-7)10(13)9-6-14-12-11-9/h2-6,10,13H,1H3. The molecule has 0 amide bonds. The quantitative estimate of drug-likeness (QED) is 0.816. The second-order valence-electron chi connectivity index (χ2n) is 3.14. The Labute approximate surface area is 86.2 Å². The molecule has 0 radical (unpaired) electrons. The fourth-order valence-corrected chi connectivity index (χ4v) is 1.68. The van der Waals surface area contributed by atoms with E-state index in [0.29, 0.717) is 5.69 Å². The normalized spacial score (nSPS) is 12.7. The molecule has 3 nitrogen and oxygen atoms in total. The van der Waals surface area contributed by atoms with Crippen LogP contribution in [-0.2, 0) is 0 Å². The van der Waals surface area contributed by atoms with Crippen LogP contribution in [0.1, 0.15) is 22.9 Å². The number of hydrogen-bond donors (Lipinski definition) is 1. The van der Waals surface area contributed by atoms with Crippen LogP contribution in [0.25, 0.3) is 0 Å². The van der Waals surface area contributed by atoms with Gasteiger partial charge in [-0.25, -0.2) is 0 Å².